The maximum Gasteiger partial charge on any atom is 0.00418 e. The number of nitrogens with zero attached hydrogens (tertiary/aromatic N) is 2. The van der Waals surface area contributed by atoms with Gasteiger partial charge in [-0.25, -0.2) is 0 Å². The molecule has 0 saturated carbocycles. The predicted octanol–water partition coefficient (Wildman–Crippen LogP) is 1.65. The van der Waals surface area contributed by atoms with Gasteiger partial charge < -0.3 is 15.1 Å². The van der Waals surface area contributed by atoms with E-state index in [1.165, 1.54) is 58.4 Å². The first-order valence-corrected chi connectivity index (χ1v) is 7.74. The van der Waals surface area contributed by atoms with Crippen LogP contribution in [0.5, 0.6) is 0 Å². The lowest BCUT2D eigenvalue weighted by Crippen LogP contribution is -2.41. The predicted molar refractivity (Wildman–Crippen MR) is 77.9 cm³/mol. The Morgan fingerprint density at radius 3 is 2.44 bits per heavy atom. The summed E-state index contributed by atoms with van der Waals surface area (Å²) in [7, 11) is 4.57. The van der Waals surface area contributed by atoms with E-state index in [4.69, 9.17) is 0 Å². The minimum absolute atomic E-state index is 0.723. The number of hydrogen-bond donors (Lipinski definition) is 1. The van der Waals surface area contributed by atoms with E-state index in [1.54, 1.807) is 0 Å². The second-order valence-electron chi connectivity index (χ2n) is 6.71. The molecule has 2 fully saturated rings. The van der Waals surface area contributed by atoms with Crippen LogP contribution in [0.4, 0.5) is 0 Å². The molecule has 2 atom stereocenters. The maximum absolute atomic E-state index is 3.55. The van der Waals surface area contributed by atoms with Crippen molar-refractivity contribution in [2.75, 3.05) is 46.8 Å². The molecule has 1 N–H and O–H groups in total. The Hall–Kier alpha value is -0.120. The van der Waals surface area contributed by atoms with Gasteiger partial charge in [0.05, 0.1) is 0 Å². The van der Waals surface area contributed by atoms with Crippen LogP contribution in [0.1, 0.15) is 32.6 Å². The molecule has 2 heterocycles. The summed E-state index contributed by atoms with van der Waals surface area (Å²) in [4.78, 5) is 5.06. The molecule has 18 heavy (non-hydrogen) atoms. The Bertz CT molecular complexity index is 236. The smallest absolute Gasteiger partial charge is 0.00418 e. The van der Waals surface area contributed by atoms with Crippen LogP contribution < -0.4 is 5.32 Å². The first-order valence-electron chi connectivity index (χ1n) is 7.74. The number of piperidine rings is 2. The molecule has 0 aromatic heterocycles. The second kappa shape index (κ2) is 6.88. The van der Waals surface area contributed by atoms with Gasteiger partial charge in [-0.3, -0.25) is 0 Å². The van der Waals surface area contributed by atoms with Gasteiger partial charge in [0.2, 0.25) is 0 Å². The summed E-state index contributed by atoms with van der Waals surface area (Å²) in [5, 5.41) is 3.55. The summed E-state index contributed by atoms with van der Waals surface area (Å²) < 4.78 is 0. The van der Waals surface area contributed by atoms with Crippen LogP contribution in [-0.4, -0.2) is 62.7 Å². The molecule has 2 unspecified atom stereocenters. The number of hydrogen-bond acceptors (Lipinski definition) is 3. The van der Waals surface area contributed by atoms with Crippen molar-refractivity contribution >= 4 is 0 Å². The Labute approximate surface area is 113 Å². The van der Waals surface area contributed by atoms with Crippen molar-refractivity contribution in [1.82, 2.24) is 15.1 Å². The Morgan fingerprint density at radius 2 is 1.78 bits per heavy atom. The Morgan fingerprint density at radius 1 is 1.11 bits per heavy atom. The van der Waals surface area contributed by atoms with Crippen molar-refractivity contribution in [1.29, 1.82) is 0 Å². The normalized spacial score (nSPS) is 32.0. The monoisotopic (exact) mass is 253 g/mol. The lowest BCUT2D eigenvalue weighted by Gasteiger charge is -2.35. The summed E-state index contributed by atoms with van der Waals surface area (Å²) >= 11 is 0. The van der Waals surface area contributed by atoms with Gasteiger partial charge in [-0.1, -0.05) is 0 Å². The lowest BCUT2D eigenvalue weighted by molar-refractivity contribution is 0.154. The zero-order valence-electron chi connectivity index (χ0n) is 12.5. The molecule has 2 aliphatic heterocycles. The molecule has 0 bridgehead atoms. The minimum Gasteiger partial charge on any atom is -0.314 e. The molecule has 2 aliphatic rings. The minimum atomic E-state index is 0.723. The van der Waals surface area contributed by atoms with E-state index in [0.717, 1.165) is 17.9 Å². The third kappa shape index (κ3) is 4.52. The number of rotatable bonds is 4. The molecule has 0 aromatic carbocycles. The van der Waals surface area contributed by atoms with Gasteiger partial charge in [-0.15, -0.1) is 0 Å². The molecular formula is C15H31N3. The fourth-order valence-corrected chi connectivity index (χ4v) is 3.60. The molecule has 0 radical (unpaired) electrons. The van der Waals surface area contributed by atoms with Gasteiger partial charge in [0, 0.05) is 19.1 Å². The van der Waals surface area contributed by atoms with Gasteiger partial charge in [-0.2, -0.15) is 0 Å². The highest BCUT2D eigenvalue weighted by atomic mass is 15.1. The lowest BCUT2D eigenvalue weighted by atomic mass is 9.92. The van der Waals surface area contributed by atoms with E-state index < -0.39 is 0 Å². The zero-order chi connectivity index (χ0) is 13.0. The van der Waals surface area contributed by atoms with Crippen LogP contribution in [-0.2, 0) is 0 Å². The highest BCUT2D eigenvalue weighted by molar-refractivity contribution is 4.78. The van der Waals surface area contributed by atoms with Gasteiger partial charge in [0.1, 0.15) is 0 Å². The third-order valence-electron chi connectivity index (χ3n) is 4.71. The second-order valence-corrected chi connectivity index (χ2v) is 6.71. The molecule has 0 aliphatic carbocycles. The third-order valence-corrected chi connectivity index (χ3v) is 4.71. The first kappa shape index (κ1) is 14.3. The highest BCUT2D eigenvalue weighted by Gasteiger charge is 2.22. The molecule has 2 rings (SSSR count). The Kier molecular flexibility index (Phi) is 5.46. The van der Waals surface area contributed by atoms with Gasteiger partial charge in [0.25, 0.3) is 0 Å². The summed E-state index contributed by atoms with van der Waals surface area (Å²) in [5.74, 6) is 1.85. The van der Waals surface area contributed by atoms with Crippen LogP contribution in [0.3, 0.4) is 0 Å². The van der Waals surface area contributed by atoms with Crippen LogP contribution in [0.15, 0.2) is 0 Å². The molecular weight excluding hydrogens is 222 g/mol. The van der Waals surface area contributed by atoms with E-state index in [1.807, 2.05) is 0 Å². The van der Waals surface area contributed by atoms with Crippen LogP contribution >= 0.6 is 0 Å². The van der Waals surface area contributed by atoms with Gasteiger partial charge in [-0.05, 0) is 78.2 Å². The quantitative estimate of drug-likeness (QED) is 0.822. The largest absolute Gasteiger partial charge is 0.314 e. The summed E-state index contributed by atoms with van der Waals surface area (Å²) in [6.07, 6.45) is 5.51. The van der Waals surface area contributed by atoms with E-state index >= 15 is 0 Å². The van der Waals surface area contributed by atoms with Crippen molar-refractivity contribution in [2.24, 2.45) is 11.8 Å². The highest BCUT2D eigenvalue weighted by Crippen LogP contribution is 2.20. The standard InChI is InChI=1S/C15H31N3/c1-13-10-15(4-7-16-13)12-18(3)11-14-5-8-17(2)9-6-14/h13-16H,4-12H2,1-3H3. The van der Waals surface area contributed by atoms with E-state index in [0.29, 0.717) is 0 Å². The molecule has 3 heteroatoms. The van der Waals surface area contributed by atoms with Crippen molar-refractivity contribution in [2.45, 2.75) is 38.6 Å². The van der Waals surface area contributed by atoms with Crippen LogP contribution in [0.2, 0.25) is 0 Å². The number of nitrogens with one attached hydrogen (secondary N) is 1. The van der Waals surface area contributed by atoms with Crippen LogP contribution in [0.25, 0.3) is 0 Å². The maximum atomic E-state index is 3.55. The zero-order valence-corrected chi connectivity index (χ0v) is 12.5. The van der Waals surface area contributed by atoms with E-state index in [-0.39, 0.29) is 0 Å². The van der Waals surface area contributed by atoms with Crippen molar-refractivity contribution in [3.05, 3.63) is 0 Å². The Balaban J connectivity index is 1.66. The van der Waals surface area contributed by atoms with Crippen LogP contribution in [0, 0.1) is 11.8 Å². The topological polar surface area (TPSA) is 18.5 Å². The first-order chi connectivity index (χ1) is 8.63. The van der Waals surface area contributed by atoms with Crippen molar-refractivity contribution in [3.63, 3.8) is 0 Å². The van der Waals surface area contributed by atoms with Gasteiger partial charge in [0.15, 0.2) is 0 Å². The number of likely N-dealkylation sites (tertiary alicyclic amines) is 1. The summed E-state index contributed by atoms with van der Waals surface area (Å²) in [5.41, 5.74) is 0. The fraction of sp³-hybridized carbons (Fsp3) is 1.00. The molecule has 0 aromatic rings. The van der Waals surface area contributed by atoms with Crippen molar-refractivity contribution in [3.8, 4) is 0 Å². The average molecular weight is 253 g/mol. The molecule has 106 valence electrons. The molecule has 0 amide bonds. The van der Waals surface area contributed by atoms with Crippen molar-refractivity contribution < 1.29 is 0 Å². The fourth-order valence-electron chi connectivity index (χ4n) is 3.60. The molecule has 3 nitrogen and oxygen atoms in total. The summed E-state index contributed by atoms with van der Waals surface area (Å²) in [6, 6.07) is 0.723. The van der Waals surface area contributed by atoms with E-state index in [9.17, 15) is 0 Å². The SMILES string of the molecule is CC1CC(CN(C)CC2CCN(C)CC2)CCN1. The average Bonchev–Trinajstić information content (AvgIpc) is 2.32. The molecule has 0 spiro atoms. The van der Waals surface area contributed by atoms with E-state index in [2.05, 4.69) is 36.1 Å². The van der Waals surface area contributed by atoms with Gasteiger partial charge >= 0.3 is 0 Å². The molecule has 2 saturated heterocycles. The summed E-state index contributed by atoms with van der Waals surface area (Å²) in [6.45, 7) is 8.74.